The zero-order valence-electron chi connectivity index (χ0n) is 24.2. The second kappa shape index (κ2) is 12.5. The number of phenolic OH excluding ortho intramolecular Hbond substituents is 2. The molecule has 4 N–H and O–H groups in total. The van der Waals surface area contributed by atoms with E-state index in [2.05, 4.69) is 31.9 Å². The van der Waals surface area contributed by atoms with Gasteiger partial charge in [-0.15, -0.1) is 0 Å². The number of fused-ring (bicyclic) bond motifs is 2. The lowest BCUT2D eigenvalue weighted by Crippen LogP contribution is -2.39. The van der Waals surface area contributed by atoms with Gasteiger partial charge < -0.3 is 10.2 Å². The molecule has 0 saturated heterocycles. The summed E-state index contributed by atoms with van der Waals surface area (Å²) in [5, 5.41) is 23.0. The minimum Gasteiger partial charge on any atom is -0.506 e. The second-order valence-corrected chi connectivity index (χ2v) is 14.9. The Morgan fingerprint density at radius 2 is 0.854 bits per heavy atom. The molecular formula is C33H22Br2N2O9S2. The molecule has 15 heteroatoms. The number of para-hydroxylation sites is 2. The number of hydrogen-bond acceptors (Lipinski definition) is 7. The lowest BCUT2D eigenvalue weighted by molar-refractivity contribution is 0.255. The Morgan fingerprint density at radius 3 is 1.21 bits per heavy atom. The second-order valence-electron chi connectivity index (χ2n) is 10.4. The van der Waals surface area contributed by atoms with E-state index in [1.54, 1.807) is 48.5 Å². The molecule has 0 unspecified atom stereocenters. The van der Waals surface area contributed by atoms with Crippen LogP contribution in [0.2, 0.25) is 0 Å². The minimum atomic E-state index is -4.89. The topological polar surface area (TPSA) is 173 Å². The number of hydrogen-bond donors (Lipinski definition) is 4. The smallest absolute Gasteiger partial charge is 0.338 e. The standard InChI is InChI=1S/C33H22Br2N2O9S2/c34-23-13-5-7-15-25(23)36(26-16-8-6-14-24(26)35)33(40)37(31-21-11-3-1-9-19(21)29(17-27(31)38)47(41,42)43)32-22-12-4-2-10-20(22)30(18-28(32)39)48(44,45)46/h1-18,38-39H,(H,41,42,43)(H,44,45,46). The molecule has 0 spiro atoms. The number of rotatable bonds is 6. The van der Waals surface area contributed by atoms with Crippen LogP contribution in [0.15, 0.2) is 128 Å². The fraction of sp³-hybridized carbons (Fsp3) is 0. The third-order valence-corrected chi connectivity index (χ3v) is 10.6. The molecule has 2 amide bonds. The monoisotopic (exact) mass is 812 g/mol. The summed E-state index contributed by atoms with van der Waals surface area (Å²) in [6.07, 6.45) is 0. The van der Waals surface area contributed by atoms with E-state index < -0.39 is 47.6 Å². The van der Waals surface area contributed by atoms with Gasteiger partial charge in [0.15, 0.2) is 0 Å². The summed E-state index contributed by atoms with van der Waals surface area (Å²) < 4.78 is 70.7. The Hall–Kier alpha value is -4.51. The SMILES string of the molecule is O=C(N(c1ccccc1Br)c1ccccc1Br)N(c1c(O)cc(S(=O)(=O)O)c2ccccc12)c1c(O)cc(S(=O)(=O)O)c2ccccc12. The van der Waals surface area contributed by atoms with Gasteiger partial charge in [0.2, 0.25) is 0 Å². The normalized spacial score (nSPS) is 11.9. The molecule has 0 atom stereocenters. The van der Waals surface area contributed by atoms with Gasteiger partial charge in [0.05, 0.1) is 11.4 Å². The number of carbonyl (C=O) groups is 1. The van der Waals surface area contributed by atoms with E-state index >= 15 is 4.79 Å². The van der Waals surface area contributed by atoms with Crippen molar-refractivity contribution < 1.29 is 40.9 Å². The van der Waals surface area contributed by atoms with Crippen molar-refractivity contribution in [2.45, 2.75) is 9.79 Å². The maximum atomic E-state index is 15.4. The molecule has 0 heterocycles. The number of carbonyl (C=O) groups excluding carboxylic acids is 1. The number of phenols is 2. The summed E-state index contributed by atoms with van der Waals surface area (Å²) in [6.45, 7) is 0. The molecule has 0 aromatic heterocycles. The fourth-order valence-electron chi connectivity index (χ4n) is 5.53. The van der Waals surface area contributed by atoms with Crippen LogP contribution in [-0.2, 0) is 20.2 Å². The van der Waals surface area contributed by atoms with Crippen molar-refractivity contribution in [2.24, 2.45) is 0 Å². The van der Waals surface area contributed by atoms with Crippen LogP contribution in [0.1, 0.15) is 0 Å². The number of aromatic hydroxyl groups is 2. The van der Waals surface area contributed by atoms with E-state index in [1.165, 1.54) is 53.4 Å². The first-order valence-electron chi connectivity index (χ1n) is 13.8. The van der Waals surface area contributed by atoms with Crippen LogP contribution in [0.5, 0.6) is 11.5 Å². The van der Waals surface area contributed by atoms with Crippen molar-refractivity contribution in [3.8, 4) is 11.5 Å². The van der Waals surface area contributed by atoms with Crippen molar-refractivity contribution in [1.82, 2.24) is 0 Å². The maximum absolute atomic E-state index is 15.4. The number of anilines is 4. The largest absolute Gasteiger partial charge is 0.506 e. The van der Waals surface area contributed by atoms with E-state index in [1.807, 2.05) is 0 Å². The molecule has 0 radical (unpaired) electrons. The van der Waals surface area contributed by atoms with Gasteiger partial charge in [-0.25, -0.2) is 4.79 Å². The average Bonchev–Trinajstić information content (AvgIpc) is 3.03. The molecule has 48 heavy (non-hydrogen) atoms. The lowest BCUT2D eigenvalue weighted by atomic mass is 10.0. The number of halogens is 2. The molecule has 244 valence electrons. The Bertz CT molecular complexity index is 2340. The summed E-state index contributed by atoms with van der Waals surface area (Å²) in [5.41, 5.74) is 0.00605. The molecule has 0 aliphatic heterocycles. The van der Waals surface area contributed by atoms with Gasteiger partial charge in [-0.05, 0) is 56.1 Å². The highest BCUT2D eigenvalue weighted by molar-refractivity contribution is 9.11. The summed E-state index contributed by atoms with van der Waals surface area (Å²) in [6, 6.07) is 25.7. The number of benzene rings is 6. The average molecular weight is 814 g/mol. The summed E-state index contributed by atoms with van der Waals surface area (Å²) in [5.74, 6) is -1.56. The summed E-state index contributed by atoms with van der Waals surface area (Å²) in [4.78, 5) is 16.3. The predicted octanol–water partition coefficient (Wildman–Crippen LogP) is 8.52. The van der Waals surface area contributed by atoms with E-state index in [4.69, 9.17) is 0 Å². The molecule has 11 nitrogen and oxygen atoms in total. The number of amides is 2. The highest BCUT2D eigenvalue weighted by atomic mass is 79.9. The predicted molar refractivity (Wildman–Crippen MR) is 189 cm³/mol. The van der Waals surface area contributed by atoms with Crippen LogP contribution in [0, 0.1) is 0 Å². The molecule has 6 aromatic rings. The highest BCUT2D eigenvalue weighted by Gasteiger charge is 2.36. The first-order valence-corrected chi connectivity index (χ1v) is 18.2. The zero-order chi connectivity index (χ0) is 34.5. The van der Waals surface area contributed by atoms with E-state index in [0.717, 1.165) is 17.0 Å². The number of urea groups is 1. The Morgan fingerprint density at radius 1 is 0.521 bits per heavy atom. The summed E-state index contributed by atoms with van der Waals surface area (Å²) >= 11 is 7.01. The van der Waals surface area contributed by atoms with Crippen molar-refractivity contribution >= 4 is 102 Å². The first-order chi connectivity index (χ1) is 22.7. The van der Waals surface area contributed by atoms with Gasteiger partial charge in [-0.3, -0.25) is 18.9 Å². The highest BCUT2D eigenvalue weighted by Crippen LogP contribution is 2.50. The van der Waals surface area contributed by atoms with Crippen LogP contribution >= 0.6 is 31.9 Å². The molecule has 6 aromatic carbocycles. The molecule has 0 bridgehead atoms. The van der Waals surface area contributed by atoms with Crippen molar-refractivity contribution in [3.63, 3.8) is 0 Å². The van der Waals surface area contributed by atoms with E-state index in [9.17, 15) is 36.2 Å². The van der Waals surface area contributed by atoms with E-state index in [0.29, 0.717) is 20.3 Å². The fourth-order valence-corrected chi connectivity index (χ4v) is 7.88. The van der Waals surface area contributed by atoms with Gasteiger partial charge >= 0.3 is 6.03 Å². The quantitative estimate of drug-likeness (QED) is 0.120. The Balaban J connectivity index is 1.80. The number of nitrogens with zero attached hydrogens (tertiary/aromatic N) is 2. The van der Waals surface area contributed by atoms with Crippen LogP contribution < -0.4 is 9.80 Å². The maximum Gasteiger partial charge on any atom is 0.338 e. The summed E-state index contributed by atoms with van der Waals surface area (Å²) in [7, 11) is -9.78. The van der Waals surface area contributed by atoms with Gasteiger partial charge in [0.1, 0.15) is 32.7 Å². The molecule has 0 fully saturated rings. The van der Waals surface area contributed by atoms with Crippen molar-refractivity contribution in [3.05, 3.63) is 118 Å². The molecule has 0 saturated carbocycles. The van der Waals surface area contributed by atoms with E-state index in [-0.39, 0.29) is 32.9 Å². The van der Waals surface area contributed by atoms with Crippen molar-refractivity contribution in [1.29, 1.82) is 0 Å². The minimum absolute atomic E-state index is 0.0278. The van der Waals surface area contributed by atoms with Gasteiger partial charge in [-0.2, -0.15) is 16.8 Å². The molecule has 0 aliphatic carbocycles. The molecule has 0 aliphatic rings. The van der Waals surface area contributed by atoms with Gasteiger partial charge in [0.25, 0.3) is 20.2 Å². The molecule has 6 rings (SSSR count). The van der Waals surface area contributed by atoms with Crippen molar-refractivity contribution in [2.75, 3.05) is 9.80 Å². The Kier molecular flexibility index (Phi) is 8.70. The van der Waals surface area contributed by atoms with Crippen LogP contribution in [0.3, 0.4) is 0 Å². The Labute approximate surface area is 291 Å². The lowest BCUT2D eigenvalue weighted by Gasteiger charge is -2.34. The molecular weight excluding hydrogens is 792 g/mol. The van der Waals surface area contributed by atoms with Crippen LogP contribution in [-0.4, -0.2) is 42.2 Å². The van der Waals surface area contributed by atoms with Gasteiger partial charge in [0, 0.05) is 42.6 Å². The third kappa shape index (κ3) is 5.89. The first kappa shape index (κ1) is 33.4. The van der Waals surface area contributed by atoms with Crippen LogP contribution in [0.4, 0.5) is 27.5 Å². The van der Waals surface area contributed by atoms with Crippen LogP contribution in [0.25, 0.3) is 21.5 Å². The van der Waals surface area contributed by atoms with Gasteiger partial charge in [-0.1, -0.05) is 72.8 Å². The third-order valence-electron chi connectivity index (χ3n) is 7.49. The zero-order valence-corrected chi connectivity index (χ0v) is 29.0.